The van der Waals surface area contributed by atoms with Gasteiger partial charge in [0.15, 0.2) is 8.32 Å². The molecule has 194 valence electrons. The van der Waals surface area contributed by atoms with Crippen molar-refractivity contribution in [2.75, 3.05) is 19.8 Å². The number of rotatable bonds is 11. The van der Waals surface area contributed by atoms with Gasteiger partial charge in [-0.25, -0.2) is 4.79 Å². The van der Waals surface area contributed by atoms with Crippen molar-refractivity contribution in [2.24, 2.45) is 11.8 Å². The van der Waals surface area contributed by atoms with Crippen molar-refractivity contribution in [3.8, 4) is 0 Å². The van der Waals surface area contributed by atoms with E-state index in [1.54, 1.807) is 42.2 Å². The highest BCUT2D eigenvalue weighted by Gasteiger charge is 2.54. The molecular weight excluding hydrogens is 462 g/mol. The molecule has 1 aromatic carbocycles. The van der Waals surface area contributed by atoms with E-state index in [4.69, 9.17) is 13.9 Å². The average molecular weight is 504 g/mol. The van der Waals surface area contributed by atoms with Gasteiger partial charge in [-0.2, -0.15) is 0 Å². The fourth-order valence-corrected chi connectivity index (χ4v) is 5.52. The molecule has 1 fully saturated rings. The fourth-order valence-electron chi connectivity index (χ4n) is 4.09. The Morgan fingerprint density at radius 1 is 1.11 bits per heavy atom. The van der Waals surface area contributed by atoms with Crippen LogP contribution >= 0.6 is 0 Å². The molecule has 8 heteroatoms. The molecule has 1 aliphatic heterocycles. The van der Waals surface area contributed by atoms with E-state index < -0.39 is 14.3 Å². The highest BCUT2D eigenvalue weighted by molar-refractivity contribution is 6.74. The highest BCUT2D eigenvalue weighted by atomic mass is 28.4. The van der Waals surface area contributed by atoms with Crippen LogP contribution in [0.5, 0.6) is 0 Å². The van der Waals surface area contributed by atoms with Crippen molar-refractivity contribution in [1.82, 2.24) is 4.90 Å². The largest absolute Gasteiger partial charge is 0.465 e. The Balaban J connectivity index is 2.11. The molecule has 1 heterocycles. The standard InChI is InChI=1S/C27H41NO6Si/c1-9-32-22(29)18-28-24(23(25(28)30)20(3)34-35(7,8)27(4,5)6)19(2)14-13-17-33-26(31)21-15-11-10-12-16-21/h10-16,19-20,23-24H,9,17-18H2,1-8H3/b14-13+/t19-,20+,23+,24+/m0/s1. The molecular formula is C27H41NO6Si. The van der Waals surface area contributed by atoms with Crippen molar-refractivity contribution in [1.29, 1.82) is 0 Å². The van der Waals surface area contributed by atoms with Crippen LogP contribution < -0.4 is 0 Å². The number of carbonyl (C=O) groups is 3. The van der Waals surface area contributed by atoms with E-state index in [2.05, 4.69) is 33.9 Å². The quantitative estimate of drug-likeness (QED) is 0.186. The fraction of sp³-hybridized carbons (Fsp3) is 0.593. The van der Waals surface area contributed by atoms with E-state index in [-0.39, 0.29) is 60.7 Å². The molecule has 4 atom stereocenters. The number of hydrogen-bond donors (Lipinski definition) is 0. The molecule has 1 aliphatic rings. The zero-order chi connectivity index (χ0) is 26.4. The third-order valence-corrected chi connectivity index (χ3v) is 11.6. The Morgan fingerprint density at radius 2 is 1.74 bits per heavy atom. The van der Waals surface area contributed by atoms with Crippen LogP contribution in [0.2, 0.25) is 18.1 Å². The Morgan fingerprint density at radius 3 is 2.31 bits per heavy atom. The summed E-state index contributed by atoms with van der Waals surface area (Å²) >= 11 is 0. The smallest absolute Gasteiger partial charge is 0.338 e. The number of nitrogens with zero attached hydrogens (tertiary/aromatic N) is 1. The lowest BCUT2D eigenvalue weighted by molar-refractivity contribution is -0.172. The molecule has 0 saturated carbocycles. The number of benzene rings is 1. The summed E-state index contributed by atoms with van der Waals surface area (Å²) < 4.78 is 17.0. The van der Waals surface area contributed by atoms with Gasteiger partial charge in [0.25, 0.3) is 0 Å². The molecule has 0 spiro atoms. The second-order valence-corrected chi connectivity index (χ2v) is 15.4. The van der Waals surface area contributed by atoms with Crippen LogP contribution in [0, 0.1) is 11.8 Å². The number of carbonyl (C=O) groups excluding carboxylic acids is 3. The molecule has 35 heavy (non-hydrogen) atoms. The van der Waals surface area contributed by atoms with Crippen LogP contribution in [-0.2, 0) is 23.5 Å². The Hall–Kier alpha value is -2.45. The molecule has 0 aliphatic carbocycles. The van der Waals surface area contributed by atoms with Crippen molar-refractivity contribution in [3.63, 3.8) is 0 Å². The van der Waals surface area contributed by atoms with E-state index >= 15 is 0 Å². The molecule has 1 aromatic rings. The summed E-state index contributed by atoms with van der Waals surface area (Å²) in [5.74, 6) is -1.33. The molecule has 2 rings (SSSR count). The Labute approximate surface area is 210 Å². The van der Waals surface area contributed by atoms with Crippen molar-refractivity contribution >= 4 is 26.2 Å². The van der Waals surface area contributed by atoms with Crippen LogP contribution in [-0.4, -0.2) is 63.0 Å². The van der Waals surface area contributed by atoms with Gasteiger partial charge in [-0.1, -0.05) is 58.0 Å². The maximum atomic E-state index is 13.1. The zero-order valence-electron chi connectivity index (χ0n) is 22.4. The van der Waals surface area contributed by atoms with Gasteiger partial charge in [-0.3, -0.25) is 9.59 Å². The average Bonchev–Trinajstić information content (AvgIpc) is 2.77. The van der Waals surface area contributed by atoms with Crippen LogP contribution in [0.15, 0.2) is 42.5 Å². The molecule has 0 aromatic heterocycles. The molecule has 0 radical (unpaired) electrons. The van der Waals surface area contributed by atoms with Gasteiger partial charge in [0, 0.05) is 0 Å². The number of amides is 1. The van der Waals surface area contributed by atoms with E-state index in [1.165, 1.54) is 0 Å². The summed E-state index contributed by atoms with van der Waals surface area (Å²) in [4.78, 5) is 39.0. The van der Waals surface area contributed by atoms with E-state index in [0.29, 0.717) is 5.56 Å². The summed E-state index contributed by atoms with van der Waals surface area (Å²) in [6, 6.07) is 8.60. The van der Waals surface area contributed by atoms with Crippen molar-refractivity contribution in [2.45, 2.75) is 71.8 Å². The van der Waals surface area contributed by atoms with Gasteiger partial charge in [-0.05, 0) is 50.0 Å². The molecule has 0 unspecified atom stereocenters. The second kappa shape index (κ2) is 12.0. The molecule has 0 N–H and O–H groups in total. The minimum atomic E-state index is -2.09. The number of β-lactam (4-membered cyclic amide) rings is 1. The molecule has 1 saturated heterocycles. The second-order valence-electron chi connectivity index (χ2n) is 10.6. The normalized spacial score (nSPS) is 20.3. The Kier molecular flexibility index (Phi) is 9.86. The molecule has 7 nitrogen and oxygen atoms in total. The third-order valence-electron chi connectivity index (χ3n) is 6.99. The first-order valence-electron chi connectivity index (χ1n) is 12.3. The van der Waals surface area contributed by atoms with Crippen LogP contribution in [0.4, 0.5) is 0 Å². The monoisotopic (exact) mass is 503 g/mol. The van der Waals surface area contributed by atoms with Gasteiger partial charge in [0.1, 0.15) is 13.2 Å². The van der Waals surface area contributed by atoms with E-state index in [9.17, 15) is 14.4 Å². The number of esters is 2. The predicted molar refractivity (Wildman–Crippen MR) is 138 cm³/mol. The lowest BCUT2D eigenvalue weighted by atomic mass is 9.76. The van der Waals surface area contributed by atoms with Gasteiger partial charge in [0.2, 0.25) is 5.91 Å². The maximum Gasteiger partial charge on any atom is 0.338 e. The lowest BCUT2D eigenvalue weighted by Gasteiger charge is -2.52. The number of likely N-dealkylation sites (tertiary alicyclic amines) is 1. The summed E-state index contributed by atoms with van der Waals surface area (Å²) in [5.41, 5.74) is 0.496. The molecule has 1 amide bonds. The van der Waals surface area contributed by atoms with Gasteiger partial charge in [-0.15, -0.1) is 0 Å². The summed E-state index contributed by atoms with van der Waals surface area (Å²) in [7, 11) is -2.09. The predicted octanol–water partition coefficient (Wildman–Crippen LogP) is 4.84. The SMILES string of the molecule is CCOC(=O)CN1C(=O)[C@H]([C@@H](C)O[Si](C)(C)C(C)(C)C)[C@H]1[C@@H](C)/C=C/COC(=O)c1ccccc1. The van der Waals surface area contributed by atoms with E-state index in [1.807, 2.05) is 26.0 Å². The van der Waals surface area contributed by atoms with Crippen molar-refractivity contribution in [3.05, 3.63) is 48.0 Å². The number of hydrogen-bond acceptors (Lipinski definition) is 6. The van der Waals surface area contributed by atoms with Crippen LogP contribution in [0.3, 0.4) is 0 Å². The van der Waals surface area contributed by atoms with Crippen LogP contribution in [0.1, 0.15) is 51.9 Å². The first-order valence-corrected chi connectivity index (χ1v) is 15.2. The highest BCUT2D eigenvalue weighted by Crippen LogP contribution is 2.42. The zero-order valence-corrected chi connectivity index (χ0v) is 23.4. The summed E-state index contributed by atoms with van der Waals surface area (Å²) in [6.07, 6.45) is 3.44. The van der Waals surface area contributed by atoms with Crippen molar-refractivity contribution < 1.29 is 28.3 Å². The maximum absolute atomic E-state index is 13.1. The third kappa shape index (κ3) is 7.27. The molecule has 0 bridgehead atoms. The lowest BCUT2D eigenvalue weighted by Crippen LogP contribution is -2.68. The summed E-state index contributed by atoms with van der Waals surface area (Å²) in [6.45, 7) is 16.8. The first-order chi connectivity index (χ1) is 16.3. The summed E-state index contributed by atoms with van der Waals surface area (Å²) in [5, 5.41) is 0.0162. The van der Waals surface area contributed by atoms with Gasteiger partial charge in [0.05, 0.1) is 30.2 Å². The van der Waals surface area contributed by atoms with E-state index in [0.717, 1.165) is 0 Å². The number of ether oxygens (including phenoxy) is 2. The topological polar surface area (TPSA) is 82.1 Å². The van der Waals surface area contributed by atoms with Gasteiger partial charge < -0.3 is 18.8 Å². The van der Waals surface area contributed by atoms with Gasteiger partial charge >= 0.3 is 11.9 Å². The minimum Gasteiger partial charge on any atom is -0.465 e. The minimum absolute atomic E-state index is 0.0162. The first kappa shape index (κ1) is 28.8. The Bertz CT molecular complexity index is 908. The van der Waals surface area contributed by atoms with Crippen LogP contribution in [0.25, 0.3) is 0 Å².